The molecule has 0 bridgehead atoms. The smallest absolute Gasteiger partial charge is 0.191 e. The van der Waals surface area contributed by atoms with Crippen molar-refractivity contribution in [1.29, 1.82) is 0 Å². The van der Waals surface area contributed by atoms with Gasteiger partial charge < -0.3 is 15.4 Å². The Morgan fingerprint density at radius 2 is 1.93 bits per heavy atom. The molecule has 3 rings (SSSR count). The van der Waals surface area contributed by atoms with Crippen molar-refractivity contribution in [2.24, 2.45) is 4.99 Å². The highest BCUT2D eigenvalue weighted by Crippen LogP contribution is 2.26. The minimum atomic E-state index is -0.515. The van der Waals surface area contributed by atoms with Gasteiger partial charge in [0.2, 0.25) is 0 Å². The van der Waals surface area contributed by atoms with Crippen LogP contribution in [0.1, 0.15) is 23.4 Å². The number of nitrogens with zero attached hydrogens (tertiary/aromatic N) is 2. The van der Waals surface area contributed by atoms with Gasteiger partial charge in [-0.15, -0.1) is 11.3 Å². The van der Waals surface area contributed by atoms with Crippen LogP contribution in [-0.2, 0) is 11.2 Å². The van der Waals surface area contributed by atoms with E-state index >= 15 is 0 Å². The van der Waals surface area contributed by atoms with Crippen LogP contribution in [0.4, 0.5) is 8.78 Å². The van der Waals surface area contributed by atoms with Crippen LogP contribution in [0, 0.1) is 11.6 Å². The van der Waals surface area contributed by atoms with Gasteiger partial charge in [-0.05, 0) is 36.9 Å². The predicted molar refractivity (Wildman–Crippen MR) is 113 cm³/mol. The maximum absolute atomic E-state index is 13.8. The van der Waals surface area contributed by atoms with E-state index in [1.54, 1.807) is 11.3 Å². The molecule has 8 heteroatoms. The van der Waals surface area contributed by atoms with Crippen LogP contribution >= 0.6 is 11.3 Å². The number of morpholine rings is 1. The Kier molecular flexibility index (Phi) is 8.39. The average Bonchev–Trinajstić information content (AvgIpc) is 3.25. The van der Waals surface area contributed by atoms with Gasteiger partial charge in [0.1, 0.15) is 11.6 Å². The number of rotatable bonds is 8. The third-order valence-electron chi connectivity index (χ3n) is 4.85. The first-order valence-electron chi connectivity index (χ1n) is 9.99. The number of hydrogen-bond acceptors (Lipinski definition) is 4. The van der Waals surface area contributed by atoms with E-state index in [9.17, 15) is 8.78 Å². The van der Waals surface area contributed by atoms with Crippen molar-refractivity contribution in [3.8, 4) is 0 Å². The molecular formula is C21H28F2N4OS. The number of aliphatic imine (C=N–C) groups is 1. The van der Waals surface area contributed by atoms with Gasteiger partial charge >= 0.3 is 0 Å². The Morgan fingerprint density at radius 1 is 1.17 bits per heavy atom. The molecule has 1 saturated heterocycles. The van der Waals surface area contributed by atoms with Crippen molar-refractivity contribution in [2.45, 2.75) is 19.4 Å². The highest BCUT2D eigenvalue weighted by molar-refractivity contribution is 7.10. The summed E-state index contributed by atoms with van der Waals surface area (Å²) < 4.78 is 33.1. The van der Waals surface area contributed by atoms with Crippen LogP contribution < -0.4 is 10.6 Å². The van der Waals surface area contributed by atoms with Crippen molar-refractivity contribution in [3.05, 3.63) is 57.8 Å². The van der Waals surface area contributed by atoms with Crippen molar-refractivity contribution in [3.63, 3.8) is 0 Å². The first-order chi connectivity index (χ1) is 14.2. The fourth-order valence-electron chi connectivity index (χ4n) is 3.35. The molecule has 0 aliphatic carbocycles. The fraction of sp³-hybridized carbons (Fsp3) is 0.476. The van der Waals surface area contributed by atoms with Crippen LogP contribution in [0.5, 0.6) is 0 Å². The Balaban J connectivity index is 1.63. The summed E-state index contributed by atoms with van der Waals surface area (Å²) in [6.45, 7) is 6.93. The van der Waals surface area contributed by atoms with E-state index < -0.39 is 11.6 Å². The van der Waals surface area contributed by atoms with Crippen molar-refractivity contribution in [2.75, 3.05) is 45.9 Å². The summed E-state index contributed by atoms with van der Waals surface area (Å²) in [5, 5.41) is 8.49. The normalized spacial score (nSPS) is 16.6. The number of halogens is 2. The zero-order chi connectivity index (χ0) is 20.5. The largest absolute Gasteiger partial charge is 0.379 e. The Hall–Kier alpha value is -2.03. The number of guanidine groups is 1. The summed E-state index contributed by atoms with van der Waals surface area (Å²) in [6.07, 6.45) is 0.251. The zero-order valence-electron chi connectivity index (χ0n) is 16.7. The van der Waals surface area contributed by atoms with E-state index in [0.717, 1.165) is 26.3 Å². The van der Waals surface area contributed by atoms with Crippen LogP contribution in [0.25, 0.3) is 0 Å². The molecule has 0 radical (unpaired) electrons. The lowest BCUT2D eigenvalue weighted by atomic mass is 10.1. The minimum absolute atomic E-state index is 0.0978. The molecule has 1 aliphatic rings. The monoisotopic (exact) mass is 422 g/mol. The van der Waals surface area contributed by atoms with Gasteiger partial charge in [-0.2, -0.15) is 0 Å². The van der Waals surface area contributed by atoms with Gasteiger partial charge in [-0.1, -0.05) is 12.1 Å². The van der Waals surface area contributed by atoms with E-state index in [2.05, 4.69) is 33.0 Å². The van der Waals surface area contributed by atoms with E-state index in [1.807, 2.05) is 6.92 Å². The molecular weight excluding hydrogens is 394 g/mol. The number of thiophene rings is 1. The van der Waals surface area contributed by atoms with Crippen LogP contribution in [0.15, 0.2) is 40.7 Å². The maximum atomic E-state index is 13.8. The highest BCUT2D eigenvalue weighted by atomic mass is 32.1. The Bertz CT molecular complexity index is 759. The molecule has 2 heterocycles. The lowest BCUT2D eigenvalue weighted by Gasteiger charge is -2.33. The molecule has 2 N–H and O–H groups in total. The van der Waals surface area contributed by atoms with Gasteiger partial charge in [0.25, 0.3) is 0 Å². The number of benzene rings is 1. The second kappa shape index (κ2) is 11.2. The summed E-state index contributed by atoms with van der Waals surface area (Å²) in [7, 11) is 0. The number of nitrogens with one attached hydrogen (secondary N) is 2. The minimum Gasteiger partial charge on any atom is -0.379 e. The number of hydrogen-bond donors (Lipinski definition) is 2. The summed E-state index contributed by atoms with van der Waals surface area (Å²) in [4.78, 5) is 8.43. The summed E-state index contributed by atoms with van der Waals surface area (Å²) in [5.41, 5.74) is 0.0978. The third-order valence-corrected chi connectivity index (χ3v) is 5.83. The molecule has 158 valence electrons. The Labute approximate surface area is 174 Å². The summed E-state index contributed by atoms with van der Waals surface area (Å²) in [6, 6.07) is 8.34. The first-order valence-corrected chi connectivity index (χ1v) is 10.9. The standard InChI is InChI=1S/C21H28F2N4OS/c1-2-24-21(25-9-8-16-17(22)5-3-6-18(16)23)26-15-19(20-7-4-14-29-20)27-10-12-28-13-11-27/h3-7,14,19H,2,8-13,15H2,1H3,(H2,24,25,26). The van der Waals surface area contributed by atoms with Crippen molar-refractivity contribution >= 4 is 17.3 Å². The predicted octanol–water partition coefficient (Wildman–Crippen LogP) is 3.20. The fourth-order valence-corrected chi connectivity index (χ4v) is 4.20. The SMILES string of the molecule is CCNC(=NCC(c1cccs1)N1CCOCC1)NCCc1c(F)cccc1F. The van der Waals surface area contributed by atoms with Gasteiger partial charge in [0.15, 0.2) is 5.96 Å². The molecule has 1 aromatic carbocycles. The van der Waals surface area contributed by atoms with Gasteiger partial charge in [0.05, 0.1) is 25.8 Å². The average molecular weight is 423 g/mol. The van der Waals surface area contributed by atoms with Crippen molar-refractivity contribution in [1.82, 2.24) is 15.5 Å². The van der Waals surface area contributed by atoms with Crippen molar-refractivity contribution < 1.29 is 13.5 Å². The van der Waals surface area contributed by atoms with E-state index in [0.29, 0.717) is 25.6 Å². The lowest BCUT2D eigenvalue weighted by Crippen LogP contribution is -2.42. The Morgan fingerprint density at radius 3 is 2.59 bits per heavy atom. The zero-order valence-corrected chi connectivity index (χ0v) is 17.5. The molecule has 1 unspecified atom stereocenters. The van der Waals surface area contributed by atoms with Gasteiger partial charge in [-0.3, -0.25) is 9.89 Å². The topological polar surface area (TPSA) is 48.9 Å². The van der Waals surface area contributed by atoms with Crippen LogP contribution in [0.2, 0.25) is 0 Å². The molecule has 5 nitrogen and oxygen atoms in total. The third kappa shape index (κ3) is 6.22. The molecule has 1 atom stereocenters. The molecule has 0 amide bonds. The van der Waals surface area contributed by atoms with E-state index in [1.165, 1.54) is 23.1 Å². The molecule has 1 aliphatic heterocycles. The van der Waals surface area contributed by atoms with Crippen LogP contribution in [-0.4, -0.2) is 56.8 Å². The molecule has 0 spiro atoms. The second-order valence-electron chi connectivity index (χ2n) is 6.78. The number of ether oxygens (including phenoxy) is 1. The summed E-state index contributed by atoms with van der Waals surface area (Å²) >= 11 is 1.73. The van der Waals surface area contributed by atoms with Gasteiger partial charge in [0, 0.05) is 36.6 Å². The van der Waals surface area contributed by atoms with Gasteiger partial charge in [-0.25, -0.2) is 8.78 Å². The molecule has 2 aromatic rings. The molecule has 0 saturated carbocycles. The van der Waals surface area contributed by atoms with E-state index in [-0.39, 0.29) is 18.0 Å². The summed E-state index contributed by atoms with van der Waals surface area (Å²) in [5.74, 6) is -0.378. The molecule has 1 aromatic heterocycles. The quantitative estimate of drug-likeness (QED) is 0.507. The molecule has 29 heavy (non-hydrogen) atoms. The highest BCUT2D eigenvalue weighted by Gasteiger charge is 2.23. The lowest BCUT2D eigenvalue weighted by molar-refractivity contribution is 0.0186. The second-order valence-corrected chi connectivity index (χ2v) is 7.76. The maximum Gasteiger partial charge on any atom is 0.191 e. The van der Waals surface area contributed by atoms with Crippen LogP contribution in [0.3, 0.4) is 0 Å². The molecule has 1 fully saturated rings. The first kappa shape index (κ1) is 21.7. The van der Waals surface area contributed by atoms with E-state index in [4.69, 9.17) is 9.73 Å².